The lowest BCUT2D eigenvalue weighted by atomic mass is 10.0. The van der Waals surface area contributed by atoms with Gasteiger partial charge in [-0.15, -0.1) is 0 Å². The first-order valence-electron chi connectivity index (χ1n) is 10.1. The Labute approximate surface area is 154 Å². The van der Waals surface area contributed by atoms with E-state index in [-0.39, 0.29) is 6.61 Å². The van der Waals surface area contributed by atoms with Crippen LogP contribution in [0.5, 0.6) is 0 Å². The molecule has 0 heterocycles. The maximum absolute atomic E-state index is 8.87. The van der Waals surface area contributed by atoms with Crippen molar-refractivity contribution < 1.29 is 14.1 Å². The Morgan fingerprint density at radius 1 is 0.792 bits per heavy atom. The fraction of sp³-hybridized carbons (Fsp3) is 1.00. The maximum atomic E-state index is 8.87. The third kappa shape index (κ3) is 18.5. The van der Waals surface area contributed by atoms with Crippen molar-refractivity contribution in [1.29, 1.82) is 0 Å². The number of rotatable bonds is 20. The Morgan fingerprint density at radius 3 is 1.67 bits per heavy atom. The van der Waals surface area contributed by atoms with Crippen molar-refractivity contribution in [2.45, 2.75) is 103 Å². The van der Waals surface area contributed by atoms with Crippen LogP contribution in [0.2, 0.25) is 0 Å². The molecule has 0 aromatic heterocycles. The molecule has 0 aliphatic carbocycles. The lowest BCUT2D eigenvalue weighted by Crippen LogP contribution is -2.25. The topological polar surface area (TPSA) is 64.7 Å². The van der Waals surface area contributed by atoms with Crippen LogP contribution in [0.25, 0.3) is 0 Å². The summed E-state index contributed by atoms with van der Waals surface area (Å²) in [6, 6.07) is 0. The van der Waals surface area contributed by atoms with Crippen molar-refractivity contribution in [3.8, 4) is 0 Å². The summed E-state index contributed by atoms with van der Waals surface area (Å²) in [5.41, 5.74) is 0. The highest BCUT2D eigenvalue weighted by atomic mass is 32.2. The molecule has 0 aromatic carbocycles. The molecule has 0 amide bonds. The van der Waals surface area contributed by atoms with E-state index in [1.807, 2.05) is 0 Å². The van der Waals surface area contributed by atoms with Crippen LogP contribution in [0.3, 0.4) is 0 Å². The molecule has 0 fully saturated rings. The molecule has 1 unspecified atom stereocenters. The summed E-state index contributed by atoms with van der Waals surface area (Å²) in [4.78, 5) is 4.54. The van der Waals surface area contributed by atoms with E-state index in [0.29, 0.717) is 6.61 Å². The molecular formula is C19H41NO3S. The first kappa shape index (κ1) is 24.2. The molecule has 5 heteroatoms. The second-order valence-electron chi connectivity index (χ2n) is 6.64. The number of hydrogen-bond acceptors (Lipinski definition) is 5. The molecule has 0 aliphatic rings. The van der Waals surface area contributed by atoms with Crippen LogP contribution in [0, 0.1) is 0 Å². The molecule has 146 valence electrons. The summed E-state index contributed by atoms with van der Waals surface area (Å²) in [6.45, 7) is 2.52. The number of hydrogen-bond donors (Lipinski definition) is 2. The Bertz CT molecular complexity index is 229. The molecule has 0 aromatic rings. The van der Waals surface area contributed by atoms with Crippen LogP contribution in [0.1, 0.15) is 96.8 Å². The van der Waals surface area contributed by atoms with Crippen molar-refractivity contribution in [2.75, 3.05) is 19.0 Å². The van der Waals surface area contributed by atoms with Crippen LogP contribution < -0.4 is 5.90 Å². The highest BCUT2D eigenvalue weighted by molar-refractivity contribution is 7.94. The molecule has 4 nitrogen and oxygen atoms in total. The van der Waals surface area contributed by atoms with Crippen LogP contribution >= 0.6 is 12.0 Å². The van der Waals surface area contributed by atoms with E-state index in [9.17, 15) is 0 Å². The Kier molecular flexibility index (Phi) is 21.4. The monoisotopic (exact) mass is 363 g/mol. The van der Waals surface area contributed by atoms with E-state index in [0.717, 1.165) is 5.75 Å². The minimum atomic E-state index is -0.408. The number of aliphatic hydroxyl groups is 1. The van der Waals surface area contributed by atoms with Gasteiger partial charge in [0, 0.05) is 5.75 Å². The molecular weight excluding hydrogens is 322 g/mol. The average molecular weight is 364 g/mol. The largest absolute Gasteiger partial charge is 0.393 e. The summed E-state index contributed by atoms with van der Waals surface area (Å²) in [6.07, 6.45) is 18.9. The van der Waals surface area contributed by atoms with Gasteiger partial charge in [-0.25, -0.2) is 5.90 Å². The third-order valence-corrected chi connectivity index (χ3v) is 5.07. The van der Waals surface area contributed by atoms with Gasteiger partial charge in [0.05, 0.1) is 13.2 Å². The van der Waals surface area contributed by atoms with Gasteiger partial charge in [-0.1, -0.05) is 90.4 Å². The van der Waals surface area contributed by atoms with Crippen molar-refractivity contribution in [3.05, 3.63) is 0 Å². The van der Waals surface area contributed by atoms with E-state index >= 15 is 0 Å². The molecule has 0 spiro atoms. The summed E-state index contributed by atoms with van der Waals surface area (Å²) < 4.78 is 5.34. The van der Waals surface area contributed by atoms with E-state index in [2.05, 4.69) is 11.8 Å². The van der Waals surface area contributed by atoms with Gasteiger partial charge in [0.25, 0.3) is 0 Å². The highest BCUT2D eigenvalue weighted by Gasteiger charge is 2.05. The molecule has 0 aliphatic heterocycles. The predicted molar refractivity (Wildman–Crippen MR) is 105 cm³/mol. The standard InChI is InChI=1S/C19H41NO3S/c1-2-3-4-5-6-7-8-9-10-11-12-13-14-15-16-24-22-18-19(17-21)23-20/h19,21H,2-18,20H2,1H3. The summed E-state index contributed by atoms with van der Waals surface area (Å²) >= 11 is 1.45. The quantitative estimate of drug-likeness (QED) is 0.173. The highest BCUT2D eigenvalue weighted by Crippen LogP contribution is 2.14. The van der Waals surface area contributed by atoms with Crippen molar-refractivity contribution in [2.24, 2.45) is 5.90 Å². The molecule has 0 saturated heterocycles. The van der Waals surface area contributed by atoms with Crippen molar-refractivity contribution in [3.63, 3.8) is 0 Å². The predicted octanol–water partition coefficient (Wildman–Crippen LogP) is 5.38. The number of unbranched alkanes of at least 4 members (excludes halogenated alkanes) is 13. The lowest BCUT2D eigenvalue weighted by molar-refractivity contribution is -0.0108. The molecule has 0 saturated carbocycles. The fourth-order valence-corrected chi connectivity index (χ4v) is 3.36. The summed E-state index contributed by atoms with van der Waals surface area (Å²) in [5, 5.41) is 8.87. The number of aliphatic hydroxyl groups excluding tert-OH is 1. The minimum Gasteiger partial charge on any atom is -0.393 e. The van der Waals surface area contributed by atoms with Gasteiger partial charge in [-0.3, -0.25) is 4.84 Å². The molecule has 1 atom stereocenters. The van der Waals surface area contributed by atoms with Crippen LogP contribution in [0.15, 0.2) is 0 Å². The van der Waals surface area contributed by atoms with Gasteiger partial charge < -0.3 is 9.29 Å². The molecule has 24 heavy (non-hydrogen) atoms. The smallest absolute Gasteiger partial charge is 0.126 e. The van der Waals surface area contributed by atoms with Crippen LogP contribution in [-0.4, -0.2) is 30.2 Å². The van der Waals surface area contributed by atoms with Gasteiger partial charge in [0.2, 0.25) is 0 Å². The first-order valence-corrected chi connectivity index (χ1v) is 11.0. The normalized spacial score (nSPS) is 12.6. The summed E-state index contributed by atoms with van der Waals surface area (Å²) in [5.74, 6) is 6.01. The molecule has 0 bridgehead atoms. The Balaban J connectivity index is 3.03. The maximum Gasteiger partial charge on any atom is 0.126 e. The van der Waals surface area contributed by atoms with E-state index in [1.54, 1.807) is 0 Å². The zero-order valence-electron chi connectivity index (χ0n) is 15.8. The SMILES string of the molecule is CCCCCCCCCCCCCCCCSOCC(CO)ON. The number of nitrogens with two attached hydrogens (primary N) is 1. The molecule has 0 radical (unpaired) electrons. The molecule has 0 rings (SSSR count). The first-order chi connectivity index (χ1) is 11.8. The van der Waals surface area contributed by atoms with Gasteiger partial charge in [0.15, 0.2) is 0 Å². The minimum absolute atomic E-state index is 0.101. The fourth-order valence-electron chi connectivity index (χ4n) is 2.67. The van der Waals surface area contributed by atoms with E-state index in [1.165, 1.54) is 102 Å². The van der Waals surface area contributed by atoms with Gasteiger partial charge >= 0.3 is 0 Å². The van der Waals surface area contributed by atoms with Crippen molar-refractivity contribution >= 4 is 12.0 Å². The Morgan fingerprint density at radius 2 is 1.25 bits per heavy atom. The van der Waals surface area contributed by atoms with E-state index < -0.39 is 6.10 Å². The Hall–Kier alpha value is 0.190. The van der Waals surface area contributed by atoms with Crippen LogP contribution in [-0.2, 0) is 9.02 Å². The van der Waals surface area contributed by atoms with Gasteiger partial charge in [-0.05, 0) is 18.5 Å². The average Bonchev–Trinajstić information content (AvgIpc) is 2.61. The lowest BCUT2D eigenvalue weighted by Gasteiger charge is -2.10. The third-order valence-electron chi connectivity index (χ3n) is 4.31. The second kappa shape index (κ2) is 21.2. The van der Waals surface area contributed by atoms with E-state index in [4.69, 9.17) is 15.2 Å². The summed E-state index contributed by atoms with van der Waals surface area (Å²) in [7, 11) is 0. The second-order valence-corrected chi connectivity index (χ2v) is 7.52. The zero-order chi connectivity index (χ0) is 17.7. The van der Waals surface area contributed by atoms with Crippen molar-refractivity contribution in [1.82, 2.24) is 0 Å². The van der Waals surface area contributed by atoms with Gasteiger partial charge in [0.1, 0.15) is 6.10 Å². The molecule has 3 N–H and O–H groups in total. The van der Waals surface area contributed by atoms with Gasteiger partial charge in [-0.2, -0.15) is 0 Å². The van der Waals surface area contributed by atoms with Crippen LogP contribution in [0.4, 0.5) is 0 Å². The zero-order valence-corrected chi connectivity index (χ0v) is 16.7.